The normalized spacial score (nSPS) is 16.1. The molecule has 8 nitrogen and oxygen atoms in total. The zero-order valence-corrected chi connectivity index (χ0v) is 16.0. The summed E-state index contributed by atoms with van der Waals surface area (Å²) in [5.41, 5.74) is 7.31. The van der Waals surface area contributed by atoms with E-state index in [1.54, 1.807) is 0 Å². The molecule has 3 aromatic rings. The maximum Gasteiger partial charge on any atom is 0.252 e. The fraction of sp³-hybridized carbons (Fsp3) is 0.0909. The predicted molar refractivity (Wildman–Crippen MR) is 118 cm³/mol. The highest BCUT2D eigenvalue weighted by atomic mass is 16.2. The Morgan fingerprint density at radius 3 is 2.57 bits per heavy atom. The number of nitrogens with one attached hydrogen (secondary N) is 3. The zero-order valence-electron chi connectivity index (χ0n) is 16.0. The van der Waals surface area contributed by atoms with Gasteiger partial charge in [-0.25, -0.2) is 4.99 Å². The Hall–Kier alpha value is -4.20. The lowest BCUT2D eigenvalue weighted by Crippen LogP contribution is -2.32. The minimum Gasteiger partial charge on any atom is -0.369 e. The molecule has 0 unspecified atom stereocenters. The van der Waals surface area contributed by atoms with Gasteiger partial charge < -0.3 is 16.4 Å². The number of rotatable bonds is 4. The summed E-state index contributed by atoms with van der Waals surface area (Å²) in [5.74, 6) is -0.546. The summed E-state index contributed by atoms with van der Waals surface area (Å²) in [6, 6.07) is 21.8. The Morgan fingerprint density at radius 1 is 1.00 bits per heavy atom. The second kappa shape index (κ2) is 8.44. The van der Waals surface area contributed by atoms with Crippen LogP contribution in [0.1, 0.15) is 6.42 Å². The molecule has 0 aliphatic carbocycles. The number of guanidine groups is 2. The summed E-state index contributed by atoms with van der Waals surface area (Å²) in [7, 11) is 0. The maximum absolute atomic E-state index is 12.5. The average Bonchev–Trinajstić information content (AvgIpc) is 3.07. The van der Waals surface area contributed by atoms with Gasteiger partial charge in [0.1, 0.15) is 6.04 Å². The van der Waals surface area contributed by atoms with Gasteiger partial charge in [0, 0.05) is 16.8 Å². The fourth-order valence-corrected chi connectivity index (χ4v) is 3.15. The lowest BCUT2D eigenvalue weighted by molar-refractivity contribution is -0.123. The number of carbonyl (C=O) groups excluding carboxylic acids is 2. The average molecular weight is 400 g/mol. The van der Waals surface area contributed by atoms with Gasteiger partial charge in [-0.05, 0) is 23.6 Å². The van der Waals surface area contributed by atoms with Gasteiger partial charge in [0.05, 0.1) is 6.42 Å². The first kappa shape index (κ1) is 19.1. The third kappa shape index (κ3) is 4.44. The number of nitrogens with zero attached hydrogens (tertiary/aromatic N) is 2. The van der Waals surface area contributed by atoms with Gasteiger partial charge >= 0.3 is 0 Å². The van der Waals surface area contributed by atoms with Crippen molar-refractivity contribution < 1.29 is 9.59 Å². The van der Waals surface area contributed by atoms with Crippen LogP contribution in [-0.2, 0) is 9.59 Å². The van der Waals surface area contributed by atoms with Crippen LogP contribution in [0.3, 0.4) is 0 Å². The fourth-order valence-electron chi connectivity index (χ4n) is 3.15. The quantitative estimate of drug-likeness (QED) is 0.397. The number of anilines is 2. The van der Waals surface area contributed by atoms with Crippen LogP contribution in [0.2, 0.25) is 0 Å². The molecule has 1 atom stereocenters. The highest BCUT2D eigenvalue weighted by Gasteiger charge is 2.28. The molecule has 0 aromatic heterocycles. The molecule has 0 fully saturated rings. The van der Waals surface area contributed by atoms with Gasteiger partial charge in [0.15, 0.2) is 0 Å². The molecular weight excluding hydrogens is 380 g/mol. The Balaban J connectivity index is 1.41. The number of benzene rings is 3. The molecule has 2 amide bonds. The molecule has 1 aliphatic rings. The lowest BCUT2D eigenvalue weighted by Gasteiger charge is -2.09. The maximum atomic E-state index is 12.5. The highest BCUT2D eigenvalue weighted by molar-refractivity contribution is 6.12. The van der Waals surface area contributed by atoms with Crippen molar-refractivity contribution in [3.05, 3.63) is 72.8 Å². The molecule has 0 radical (unpaired) electrons. The van der Waals surface area contributed by atoms with Crippen LogP contribution in [0.25, 0.3) is 10.8 Å². The number of hydrogen-bond acceptors (Lipinski definition) is 4. The summed E-state index contributed by atoms with van der Waals surface area (Å²) < 4.78 is 0. The van der Waals surface area contributed by atoms with Crippen LogP contribution in [0.5, 0.6) is 0 Å². The van der Waals surface area contributed by atoms with Crippen molar-refractivity contribution in [2.24, 2.45) is 15.7 Å². The Bertz CT molecular complexity index is 1150. The van der Waals surface area contributed by atoms with Crippen LogP contribution in [-0.4, -0.2) is 29.8 Å². The molecule has 0 saturated carbocycles. The Labute approximate surface area is 172 Å². The first-order valence-corrected chi connectivity index (χ1v) is 9.41. The molecule has 1 aliphatic heterocycles. The van der Waals surface area contributed by atoms with Crippen molar-refractivity contribution in [1.82, 2.24) is 5.32 Å². The Morgan fingerprint density at radius 2 is 1.73 bits per heavy atom. The van der Waals surface area contributed by atoms with E-state index in [1.165, 1.54) is 0 Å². The van der Waals surface area contributed by atoms with Gasteiger partial charge in [0.25, 0.3) is 5.91 Å². The molecule has 0 spiro atoms. The number of nitrogens with two attached hydrogens (primary N) is 1. The summed E-state index contributed by atoms with van der Waals surface area (Å²) >= 11 is 0. The van der Waals surface area contributed by atoms with Crippen LogP contribution in [0.15, 0.2) is 82.8 Å². The number of fused-ring (bicyclic) bond motifs is 1. The number of carbonyl (C=O) groups is 2. The summed E-state index contributed by atoms with van der Waals surface area (Å²) in [6.07, 6.45) is -0.0971. The number of hydrogen-bond donors (Lipinski definition) is 4. The van der Waals surface area contributed by atoms with Crippen molar-refractivity contribution in [3.8, 4) is 0 Å². The smallest absolute Gasteiger partial charge is 0.252 e. The summed E-state index contributed by atoms with van der Waals surface area (Å²) in [5, 5.41) is 10.3. The lowest BCUT2D eigenvalue weighted by atomic mass is 10.1. The molecule has 8 heteroatoms. The van der Waals surface area contributed by atoms with Crippen LogP contribution < -0.4 is 21.7 Å². The monoisotopic (exact) mass is 400 g/mol. The van der Waals surface area contributed by atoms with Crippen molar-refractivity contribution in [2.75, 3.05) is 10.6 Å². The van der Waals surface area contributed by atoms with Gasteiger partial charge in [-0.2, -0.15) is 4.99 Å². The number of para-hydroxylation sites is 1. The molecule has 1 heterocycles. The van der Waals surface area contributed by atoms with E-state index >= 15 is 0 Å². The Kier molecular flexibility index (Phi) is 5.38. The van der Waals surface area contributed by atoms with E-state index in [2.05, 4.69) is 25.9 Å². The van der Waals surface area contributed by atoms with Crippen LogP contribution >= 0.6 is 0 Å². The van der Waals surface area contributed by atoms with Crippen molar-refractivity contribution >= 4 is 45.9 Å². The van der Waals surface area contributed by atoms with Gasteiger partial charge in [0.2, 0.25) is 17.8 Å². The van der Waals surface area contributed by atoms with Gasteiger partial charge in [-0.15, -0.1) is 0 Å². The number of aliphatic imine (C=N–C) groups is 2. The minimum atomic E-state index is -0.858. The molecule has 30 heavy (non-hydrogen) atoms. The molecule has 0 saturated heterocycles. The SMILES string of the molecule is NC(=NC1=N[C@@H](CC(=O)Nc2cccc3ccccc23)C(=O)N1)Nc1ccccc1. The van der Waals surface area contributed by atoms with Crippen LogP contribution in [0.4, 0.5) is 11.4 Å². The second-order valence-electron chi connectivity index (χ2n) is 6.72. The van der Waals surface area contributed by atoms with Crippen LogP contribution in [0, 0.1) is 0 Å². The first-order valence-electron chi connectivity index (χ1n) is 9.41. The largest absolute Gasteiger partial charge is 0.369 e. The van der Waals surface area contributed by atoms with Crippen molar-refractivity contribution in [3.63, 3.8) is 0 Å². The predicted octanol–water partition coefficient (Wildman–Crippen LogP) is 2.45. The summed E-state index contributed by atoms with van der Waals surface area (Å²) in [4.78, 5) is 32.9. The molecule has 3 aromatic carbocycles. The second-order valence-corrected chi connectivity index (χ2v) is 6.72. The standard InChI is InChI=1S/C22H20N6O2/c23-21(24-15-9-2-1-3-10-15)28-22-26-18(20(30)27-22)13-19(29)25-17-12-6-8-14-7-4-5-11-16(14)17/h1-12,18H,13H2,(H,25,29)(H4,23,24,26,27,28,30)/t18-/m0/s1. The molecule has 0 bridgehead atoms. The third-order valence-corrected chi connectivity index (χ3v) is 4.53. The zero-order chi connectivity index (χ0) is 20.9. The molecule has 150 valence electrons. The minimum absolute atomic E-state index is 0.0730. The van der Waals surface area contributed by atoms with E-state index < -0.39 is 11.9 Å². The van der Waals surface area contributed by atoms with E-state index in [4.69, 9.17) is 5.73 Å². The molecular formula is C22H20N6O2. The van der Waals surface area contributed by atoms with E-state index in [1.807, 2.05) is 72.8 Å². The van der Waals surface area contributed by atoms with E-state index in [9.17, 15) is 9.59 Å². The molecule has 4 rings (SSSR count). The van der Waals surface area contributed by atoms with Gasteiger partial charge in [-0.3, -0.25) is 14.9 Å². The van der Waals surface area contributed by atoms with E-state index in [-0.39, 0.29) is 24.2 Å². The number of amides is 2. The summed E-state index contributed by atoms with van der Waals surface area (Å²) in [6.45, 7) is 0. The molecule has 5 N–H and O–H groups in total. The topological polar surface area (TPSA) is 121 Å². The van der Waals surface area contributed by atoms with Gasteiger partial charge in [-0.1, -0.05) is 54.6 Å². The van der Waals surface area contributed by atoms with Crippen molar-refractivity contribution in [1.29, 1.82) is 0 Å². The van der Waals surface area contributed by atoms with Crippen molar-refractivity contribution in [2.45, 2.75) is 12.5 Å². The highest BCUT2D eigenvalue weighted by Crippen LogP contribution is 2.23. The van der Waals surface area contributed by atoms with E-state index in [0.717, 1.165) is 16.5 Å². The first-order chi connectivity index (χ1) is 14.6. The third-order valence-electron chi connectivity index (χ3n) is 4.53. The van der Waals surface area contributed by atoms with E-state index in [0.29, 0.717) is 5.69 Å².